The molecule has 1 aliphatic rings. The highest BCUT2D eigenvalue weighted by molar-refractivity contribution is 7.89. The van der Waals surface area contributed by atoms with Crippen LogP contribution in [0.15, 0.2) is 52.0 Å². The molecule has 1 aromatic heterocycles. The van der Waals surface area contributed by atoms with Crippen molar-refractivity contribution in [3.63, 3.8) is 0 Å². The summed E-state index contributed by atoms with van der Waals surface area (Å²) in [6.45, 7) is 0.664. The van der Waals surface area contributed by atoms with Crippen molar-refractivity contribution in [2.45, 2.75) is 24.0 Å². The van der Waals surface area contributed by atoms with Crippen LogP contribution in [0.25, 0.3) is 0 Å². The Balaban J connectivity index is 1.55. The van der Waals surface area contributed by atoms with Crippen molar-refractivity contribution in [3.05, 3.63) is 53.4 Å². The van der Waals surface area contributed by atoms with Crippen LogP contribution < -0.4 is 10.6 Å². The first-order chi connectivity index (χ1) is 14.4. The lowest BCUT2D eigenvalue weighted by Gasteiger charge is -2.34. The highest BCUT2D eigenvalue weighted by Gasteiger charge is 2.34. The van der Waals surface area contributed by atoms with Gasteiger partial charge < -0.3 is 19.8 Å². The normalized spacial score (nSPS) is 17.4. The van der Waals surface area contributed by atoms with Crippen molar-refractivity contribution in [3.8, 4) is 0 Å². The smallest absolute Gasteiger partial charge is 0.309 e. The number of nitrogens with one attached hydrogen (secondary N) is 2. The second-order valence-electron chi connectivity index (χ2n) is 6.54. The summed E-state index contributed by atoms with van der Waals surface area (Å²) in [6, 6.07) is 9.30. The molecule has 0 unspecified atom stereocenters. The molecule has 0 aliphatic carbocycles. The third-order valence-corrected chi connectivity index (χ3v) is 6.61. The molecule has 11 heteroatoms. The number of rotatable bonds is 7. The molecular formula is C19H22ClN3O6S. The lowest BCUT2D eigenvalue weighted by atomic mass is 10.3. The summed E-state index contributed by atoms with van der Waals surface area (Å²) < 4.78 is 37.8. The molecule has 0 radical (unpaired) electrons. The van der Waals surface area contributed by atoms with E-state index in [2.05, 4.69) is 10.6 Å². The Morgan fingerprint density at radius 1 is 1.13 bits per heavy atom. The predicted molar refractivity (Wildman–Crippen MR) is 108 cm³/mol. The molecular weight excluding hydrogens is 434 g/mol. The lowest BCUT2D eigenvalue weighted by Crippen LogP contribution is -2.53. The molecule has 3 rings (SSSR count). The monoisotopic (exact) mass is 455 g/mol. The number of amides is 2. The number of ether oxygens (including phenoxy) is 1. The van der Waals surface area contributed by atoms with Gasteiger partial charge in [0.25, 0.3) is 0 Å². The minimum Gasteiger partial charge on any atom is -0.469 e. The maximum Gasteiger partial charge on any atom is 0.309 e. The van der Waals surface area contributed by atoms with Crippen molar-refractivity contribution >= 4 is 33.4 Å². The summed E-state index contributed by atoms with van der Waals surface area (Å²) in [6.07, 6.45) is 1.58. The average Bonchev–Trinajstić information content (AvgIpc) is 3.26. The number of halogens is 1. The summed E-state index contributed by atoms with van der Waals surface area (Å²) in [7, 11) is -3.85. The van der Waals surface area contributed by atoms with Gasteiger partial charge >= 0.3 is 11.8 Å². The van der Waals surface area contributed by atoms with Crippen LogP contribution in [0.4, 0.5) is 0 Å². The third-order valence-electron chi connectivity index (χ3n) is 4.46. The van der Waals surface area contributed by atoms with Gasteiger partial charge in [-0.15, -0.1) is 0 Å². The quantitative estimate of drug-likeness (QED) is 0.604. The van der Waals surface area contributed by atoms with Crippen LogP contribution in [-0.4, -0.2) is 57.0 Å². The molecule has 0 bridgehead atoms. The van der Waals surface area contributed by atoms with Crippen LogP contribution in [0, 0.1) is 0 Å². The largest absolute Gasteiger partial charge is 0.469 e. The van der Waals surface area contributed by atoms with Crippen LogP contribution in [-0.2, 0) is 30.8 Å². The fourth-order valence-electron chi connectivity index (χ4n) is 2.94. The Labute approximate surface area is 179 Å². The number of benzene rings is 1. The summed E-state index contributed by atoms with van der Waals surface area (Å²) in [5.41, 5.74) is 0. The molecule has 1 fully saturated rings. The summed E-state index contributed by atoms with van der Waals surface area (Å²) in [5.74, 6) is -0.994. The van der Waals surface area contributed by atoms with E-state index in [9.17, 15) is 18.0 Å². The average molecular weight is 456 g/mol. The molecule has 30 heavy (non-hydrogen) atoms. The van der Waals surface area contributed by atoms with Gasteiger partial charge in [-0.05, 0) is 42.8 Å². The van der Waals surface area contributed by atoms with Gasteiger partial charge in [-0.25, -0.2) is 8.42 Å². The number of hydrogen-bond donors (Lipinski definition) is 2. The van der Waals surface area contributed by atoms with Gasteiger partial charge in [-0.3, -0.25) is 9.59 Å². The highest BCUT2D eigenvalue weighted by Crippen LogP contribution is 2.23. The first kappa shape index (κ1) is 22.3. The van der Waals surface area contributed by atoms with Crippen LogP contribution in [0.1, 0.15) is 12.2 Å². The van der Waals surface area contributed by atoms with E-state index in [4.69, 9.17) is 20.8 Å². The van der Waals surface area contributed by atoms with E-state index in [1.807, 2.05) is 0 Å². The van der Waals surface area contributed by atoms with Crippen LogP contribution in [0.3, 0.4) is 0 Å². The zero-order chi connectivity index (χ0) is 21.6. The summed E-state index contributed by atoms with van der Waals surface area (Å²) in [5, 5.41) is 5.34. The van der Waals surface area contributed by atoms with E-state index in [1.54, 1.807) is 12.1 Å². The minimum absolute atomic E-state index is 0.0735. The minimum atomic E-state index is -3.85. The second-order valence-corrected chi connectivity index (χ2v) is 8.87. The topological polar surface area (TPSA) is 118 Å². The Morgan fingerprint density at radius 2 is 1.87 bits per heavy atom. The number of carbonyl (C=O) groups excluding carboxylic acids is 2. The zero-order valence-electron chi connectivity index (χ0n) is 16.0. The van der Waals surface area contributed by atoms with E-state index in [0.717, 1.165) is 0 Å². The molecule has 2 aromatic rings. The van der Waals surface area contributed by atoms with Gasteiger partial charge in [0.2, 0.25) is 10.0 Å². The van der Waals surface area contributed by atoms with Gasteiger partial charge in [0.05, 0.1) is 24.3 Å². The molecule has 2 N–H and O–H groups in total. The third kappa shape index (κ3) is 5.60. The van der Waals surface area contributed by atoms with E-state index >= 15 is 0 Å². The van der Waals surface area contributed by atoms with Gasteiger partial charge in [0.1, 0.15) is 12.0 Å². The molecule has 2 amide bonds. The van der Waals surface area contributed by atoms with E-state index in [1.165, 1.54) is 34.8 Å². The Bertz CT molecular complexity index is 963. The number of furan rings is 1. The molecule has 162 valence electrons. The first-order valence-corrected chi connectivity index (χ1v) is 11.2. The van der Waals surface area contributed by atoms with Crippen LogP contribution >= 0.6 is 11.6 Å². The maximum absolute atomic E-state index is 12.9. The highest BCUT2D eigenvalue weighted by atomic mass is 35.5. The number of carbonyl (C=O) groups is 2. The van der Waals surface area contributed by atoms with Crippen molar-refractivity contribution in [1.82, 2.24) is 14.9 Å². The fourth-order valence-corrected chi connectivity index (χ4v) is 4.63. The Morgan fingerprint density at radius 3 is 2.57 bits per heavy atom. The second kappa shape index (κ2) is 10.1. The summed E-state index contributed by atoms with van der Waals surface area (Å²) >= 11 is 5.83. The number of sulfonamides is 1. The summed E-state index contributed by atoms with van der Waals surface area (Å²) in [4.78, 5) is 24.1. The number of nitrogens with zero attached hydrogens (tertiary/aromatic N) is 1. The van der Waals surface area contributed by atoms with Crippen molar-refractivity contribution in [1.29, 1.82) is 0 Å². The van der Waals surface area contributed by atoms with Gasteiger partial charge in [-0.2, -0.15) is 4.31 Å². The van der Waals surface area contributed by atoms with Crippen molar-refractivity contribution in [2.24, 2.45) is 0 Å². The predicted octanol–water partition coefficient (Wildman–Crippen LogP) is 1.15. The molecule has 1 saturated heterocycles. The van der Waals surface area contributed by atoms with Crippen molar-refractivity contribution in [2.75, 3.05) is 26.2 Å². The number of hydrogen-bond acceptors (Lipinski definition) is 6. The fraction of sp³-hybridized carbons (Fsp3) is 0.368. The van der Waals surface area contributed by atoms with E-state index in [-0.39, 0.29) is 24.5 Å². The molecule has 2 heterocycles. The SMILES string of the molecule is O=C(NCCc1ccco1)C(=O)NC[C@@H]1OCCCN1S(=O)(=O)c1ccc(Cl)cc1. The Kier molecular flexibility index (Phi) is 7.48. The van der Waals surface area contributed by atoms with Gasteiger partial charge in [0, 0.05) is 24.5 Å². The standard InChI is InChI=1S/C19H22ClN3O6S/c20-14-4-6-16(7-5-14)30(26,27)23-10-2-12-29-17(23)13-22-19(25)18(24)21-9-8-15-3-1-11-28-15/h1,3-7,11,17H,2,8-10,12-13H2,(H,21,24)(H,22,25)/t17-/m0/s1. The van der Waals surface area contributed by atoms with Gasteiger partial charge in [-0.1, -0.05) is 11.6 Å². The van der Waals surface area contributed by atoms with E-state index < -0.39 is 28.1 Å². The zero-order valence-corrected chi connectivity index (χ0v) is 17.6. The Hall–Kier alpha value is -2.40. The molecule has 9 nitrogen and oxygen atoms in total. The van der Waals surface area contributed by atoms with Crippen LogP contribution in [0.2, 0.25) is 5.02 Å². The van der Waals surface area contributed by atoms with Gasteiger partial charge in [0.15, 0.2) is 0 Å². The van der Waals surface area contributed by atoms with Crippen molar-refractivity contribution < 1.29 is 27.2 Å². The molecule has 0 spiro atoms. The van der Waals surface area contributed by atoms with Crippen LogP contribution in [0.5, 0.6) is 0 Å². The van der Waals surface area contributed by atoms with E-state index in [0.29, 0.717) is 30.2 Å². The molecule has 1 aromatic carbocycles. The first-order valence-electron chi connectivity index (χ1n) is 9.35. The molecule has 1 atom stereocenters. The molecule has 1 aliphatic heterocycles. The maximum atomic E-state index is 12.9. The molecule has 0 saturated carbocycles. The lowest BCUT2D eigenvalue weighted by molar-refractivity contribution is -0.140.